The van der Waals surface area contributed by atoms with Crippen LogP contribution in [0, 0.1) is 5.92 Å². The lowest BCUT2D eigenvalue weighted by molar-refractivity contribution is -0.168. The summed E-state index contributed by atoms with van der Waals surface area (Å²) in [6.07, 6.45) is -3.62. The molecule has 36 heavy (non-hydrogen) atoms. The van der Waals surface area contributed by atoms with Gasteiger partial charge in [-0.2, -0.15) is 16.8 Å². The minimum atomic E-state index is -4.03. The Morgan fingerprint density at radius 1 is 0.694 bits per heavy atom. The molecule has 18 heteroatoms. The van der Waals surface area contributed by atoms with Crippen molar-refractivity contribution in [3.8, 4) is 0 Å². The van der Waals surface area contributed by atoms with Crippen molar-refractivity contribution in [2.24, 2.45) is 5.92 Å². The Balaban J connectivity index is 0. The fraction of sp³-hybridized carbons (Fsp3) is 0.778. The number of alkyl carbamates (subject to hydrolysis) is 2. The predicted octanol–water partition coefficient (Wildman–Crippen LogP) is 0.435. The van der Waals surface area contributed by atoms with Crippen LogP contribution in [0.5, 0.6) is 0 Å². The van der Waals surface area contributed by atoms with E-state index in [-0.39, 0.29) is 31.8 Å². The van der Waals surface area contributed by atoms with Crippen LogP contribution in [0.25, 0.3) is 0 Å². The molecule has 2 unspecified atom stereocenters. The zero-order valence-electron chi connectivity index (χ0n) is 20.6. The number of amides is 2. The first kappa shape index (κ1) is 35.5. The lowest BCUT2D eigenvalue weighted by Crippen LogP contribution is -2.32. The fourth-order valence-corrected chi connectivity index (χ4v) is 2.87. The van der Waals surface area contributed by atoms with E-state index in [0.29, 0.717) is 0 Å². The van der Waals surface area contributed by atoms with E-state index in [0.717, 1.165) is 0 Å². The van der Waals surface area contributed by atoms with Gasteiger partial charge in [-0.15, -0.1) is 0 Å². The molecule has 0 rings (SSSR count). The van der Waals surface area contributed by atoms with Gasteiger partial charge in [0.15, 0.2) is 0 Å². The van der Waals surface area contributed by atoms with Gasteiger partial charge >= 0.3 is 24.1 Å². The molecule has 212 valence electrons. The van der Waals surface area contributed by atoms with Crippen molar-refractivity contribution < 1.29 is 64.1 Å². The van der Waals surface area contributed by atoms with Crippen LogP contribution in [-0.4, -0.2) is 87.2 Å². The highest BCUT2D eigenvalue weighted by molar-refractivity contribution is 7.86. The summed E-state index contributed by atoms with van der Waals surface area (Å²) < 4.78 is 76.9. The second-order valence-electron chi connectivity index (χ2n) is 7.28. The van der Waals surface area contributed by atoms with Crippen LogP contribution in [0.1, 0.15) is 47.5 Å². The first-order chi connectivity index (χ1) is 16.3. The topological polar surface area (TPSA) is 238 Å². The van der Waals surface area contributed by atoms with Gasteiger partial charge in [0.05, 0.1) is 17.4 Å². The Morgan fingerprint density at radius 3 is 1.36 bits per heavy atom. The lowest BCUT2D eigenvalue weighted by atomic mass is 10.2. The van der Waals surface area contributed by atoms with Crippen LogP contribution in [0.15, 0.2) is 0 Å². The molecule has 0 heterocycles. The third-order valence-electron chi connectivity index (χ3n) is 3.33. The lowest BCUT2D eigenvalue weighted by Gasteiger charge is -2.15. The Kier molecular flexibility index (Phi) is 17.4. The van der Waals surface area contributed by atoms with Crippen molar-refractivity contribution in [3.63, 3.8) is 0 Å². The van der Waals surface area contributed by atoms with E-state index in [4.69, 9.17) is 18.6 Å². The van der Waals surface area contributed by atoms with Crippen molar-refractivity contribution in [2.45, 2.75) is 60.0 Å². The van der Waals surface area contributed by atoms with Gasteiger partial charge in [-0.1, -0.05) is 13.8 Å². The zero-order chi connectivity index (χ0) is 28.5. The molecule has 16 nitrogen and oxygen atoms in total. The molecule has 2 atom stereocenters. The maximum absolute atomic E-state index is 11.2. The third-order valence-corrected chi connectivity index (χ3v) is 4.94. The van der Waals surface area contributed by atoms with E-state index >= 15 is 0 Å². The van der Waals surface area contributed by atoms with Gasteiger partial charge in [0, 0.05) is 33.9 Å². The number of carbonyl (C=O) groups is 4. The third kappa shape index (κ3) is 25.9. The summed E-state index contributed by atoms with van der Waals surface area (Å²) in [5.74, 6) is -2.31. The molecular formula is C18H34N2O14S2. The van der Waals surface area contributed by atoms with E-state index in [1.165, 1.54) is 20.8 Å². The summed E-state index contributed by atoms with van der Waals surface area (Å²) in [6.45, 7) is 7.24. The van der Waals surface area contributed by atoms with Gasteiger partial charge in [-0.25, -0.2) is 9.59 Å². The highest BCUT2D eigenvalue weighted by Crippen LogP contribution is 2.02. The van der Waals surface area contributed by atoms with E-state index in [1.807, 2.05) is 0 Å². The largest absolute Gasteiger partial charge is 0.426 e. The van der Waals surface area contributed by atoms with Crippen LogP contribution in [0.2, 0.25) is 0 Å². The average Bonchev–Trinajstić information content (AvgIpc) is 2.66. The highest BCUT2D eigenvalue weighted by Gasteiger charge is 2.16. The molecule has 0 aromatic carbocycles. The monoisotopic (exact) mass is 566 g/mol. The molecule has 0 aromatic rings. The molecule has 0 aliphatic carbocycles. The maximum atomic E-state index is 11.2. The molecule has 0 fully saturated rings. The van der Waals surface area contributed by atoms with Gasteiger partial charge < -0.3 is 29.6 Å². The first-order valence-corrected chi connectivity index (χ1v) is 13.7. The number of nitrogens with one attached hydrogen (secondary N) is 2. The van der Waals surface area contributed by atoms with Crippen LogP contribution in [-0.2, 0) is 48.8 Å². The van der Waals surface area contributed by atoms with Gasteiger partial charge in [0.2, 0.25) is 12.6 Å². The van der Waals surface area contributed by atoms with Gasteiger partial charge in [-0.05, 0) is 12.8 Å². The number of carbonyl (C=O) groups excluding carboxylic acids is 4. The maximum Gasteiger partial charge on any atom is 0.410 e. The fourth-order valence-electron chi connectivity index (χ4n) is 1.86. The Morgan fingerprint density at radius 2 is 1.06 bits per heavy atom. The molecule has 0 aromatic heterocycles. The highest BCUT2D eigenvalue weighted by atomic mass is 32.2. The van der Waals surface area contributed by atoms with E-state index in [1.54, 1.807) is 13.8 Å². The molecule has 4 N–H and O–H groups in total. The molecule has 0 aliphatic heterocycles. The quantitative estimate of drug-likeness (QED) is 0.102. The minimum Gasteiger partial charge on any atom is -0.426 e. The summed E-state index contributed by atoms with van der Waals surface area (Å²) in [4.78, 5) is 43.9. The number of hydrogen-bond donors (Lipinski definition) is 4. The SMILES string of the molecule is CC(=O)OC(C)OC(=O)NCCCS(=O)(=O)O.CC(OC(=O)NCCCS(=O)(=O)O)OC(=O)C(C)C. The van der Waals surface area contributed by atoms with Crippen LogP contribution in [0.3, 0.4) is 0 Å². The number of rotatable bonds is 13. The predicted molar refractivity (Wildman–Crippen MR) is 123 cm³/mol. The van der Waals surface area contributed by atoms with Crippen molar-refractivity contribution in [1.82, 2.24) is 10.6 Å². The summed E-state index contributed by atoms with van der Waals surface area (Å²) >= 11 is 0. The molecule has 0 saturated carbocycles. The molecule has 0 aliphatic rings. The summed E-state index contributed by atoms with van der Waals surface area (Å²) in [6, 6.07) is 0. The van der Waals surface area contributed by atoms with E-state index in [9.17, 15) is 36.0 Å². The van der Waals surface area contributed by atoms with Crippen molar-refractivity contribution in [2.75, 3.05) is 24.6 Å². The normalized spacial score (nSPS) is 12.8. The number of hydrogen-bond acceptors (Lipinski definition) is 12. The summed E-state index contributed by atoms with van der Waals surface area (Å²) in [7, 11) is -8.05. The van der Waals surface area contributed by atoms with Crippen LogP contribution < -0.4 is 10.6 Å². The molecule has 0 bridgehead atoms. The van der Waals surface area contributed by atoms with E-state index < -0.39 is 68.4 Å². The van der Waals surface area contributed by atoms with Crippen molar-refractivity contribution >= 4 is 44.4 Å². The zero-order valence-corrected chi connectivity index (χ0v) is 22.2. The molecule has 0 spiro atoms. The Bertz CT molecular complexity index is 918. The summed E-state index contributed by atoms with van der Waals surface area (Å²) in [5.41, 5.74) is 0. The van der Waals surface area contributed by atoms with Crippen molar-refractivity contribution in [3.05, 3.63) is 0 Å². The van der Waals surface area contributed by atoms with Crippen molar-refractivity contribution in [1.29, 1.82) is 0 Å². The van der Waals surface area contributed by atoms with Crippen LogP contribution in [0.4, 0.5) is 9.59 Å². The molecule has 0 saturated heterocycles. The molecule has 2 amide bonds. The smallest absolute Gasteiger partial charge is 0.410 e. The number of ether oxygens (including phenoxy) is 4. The van der Waals surface area contributed by atoms with Gasteiger partial charge in [0.25, 0.3) is 20.2 Å². The molecular weight excluding hydrogens is 532 g/mol. The minimum absolute atomic E-state index is 0.0173. The second kappa shape index (κ2) is 17.7. The van der Waals surface area contributed by atoms with Gasteiger partial charge in [0.1, 0.15) is 0 Å². The van der Waals surface area contributed by atoms with E-state index in [2.05, 4.69) is 20.1 Å². The van der Waals surface area contributed by atoms with Gasteiger partial charge in [-0.3, -0.25) is 18.7 Å². The Labute approximate surface area is 209 Å². The standard InChI is InChI=1S/C10H19NO7S.C8H15NO7S/c1-7(2)9(12)17-8(3)18-10(13)11-5-4-6-19(14,15)16;1-6(10)15-7(2)16-8(11)9-4-3-5-17(12,13)14/h7-8H,4-6H2,1-3H3,(H,11,13)(H,14,15,16);7H,3-5H2,1-2H3,(H,9,11)(H,12,13,14). The average molecular weight is 567 g/mol. The number of esters is 2. The molecule has 0 radical (unpaired) electrons. The Hall–Kier alpha value is -2.70. The second-order valence-corrected chi connectivity index (χ2v) is 10.4. The first-order valence-electron chi connectivity index (χ1n) is 10.5. The van der Waals surface area contributed by atoms with Crippen LogP contribution >= 0.6 is 0 Å². The summed E-state index contributed by atoms with van der Waals surface area (Å²) in [5, 5.41) is 4.49.